The van der Waals surface area contributed by atoms with Crippen LogP contribution in [0.5, 0.6) is 0 Å². The summed E-state index contributed by atoms with van der Waals surface area (Å²) in [6, 6.07) is 5.21. The van der Waals surface area contributed by atoms with E-state index >= 15 is 4.39 Å². The van der Waals surface area contributed by atoms with E-state index in [0.717, 1.165) is 41.8 Å². The number of hydrogen-bond donors (Lipinski definition) is 3. The molecule has 3 aliphatic rings. The van der Waals surface area contributed by atoms with E-state index in [1.165, 1.54) is 66.9 Å². The fraction of sp³-hybridized carbons (Fsp3) is 0.500. The molecule has 1 saturated carbocycles. The molecule has 1 unspecified atom stereocenters. The van der Waals surface area contributed by atoms with Gasteiger partial charge < -0.3 is 9.80 Å². The van der Waals surface area contributed by atoms with Gasteiger partial charge in [-0.05, 0) is 31.0 Å². The number of piperazine rings is 2. The van der Waals surface area contributed by atoms with Crippen molar-refractivity contribution in [3.63, 3.8) is 0 Å². The Labute approximate surface area is 276 Å². The van der Waals surface area contributed by atoms with Gasteiger partial charge in [-0.1, -0.05) is 53.8 Å². The van der Waals surface area contributed by atoms with Crippen molar-refractivity contribution in [1.82, 2.24) is 19.7 Å². The van der Waals surface area contributed by atoms with Gasteiger partial charge in [0.15, 0.2) is 5.13 Å². The van der Waals surface area contributed by atoms with Crippen LogP contribution in [0, 0.1) is 5.82 Å². The zero-order valence-electron chi connectivity index (χ0n) is 23.9. The minimum absolute atomic E-state index is 0.0887. The van der Waals surface area contributed by atoms with Gasteiger partial charge in [0.25, 0.3) is 5.91 Å². The van der Waals surface area contributed by atoms with Gasteiger partial charge in [0.05, 0.1) is 20.6 Å². The molecule has 2 aliphatic heterocycles. The molecule has 2 aromatic heterocycles. The van der Waals surface area contributed by atoms with Gasteiger partial charge in [-0.25, -0.2) is 18.6 Å². The number of hydrazine groups is 1. The largest absolute Gasteiger partial charge is 0.365 e. The first-order valence-electron chi connectivity index (χ1n) is 14.7. The van der Waals surface area contributed by atoms with Crippen molar-refractivity contribution >= 4 is 78.9 Å². The number of hydrogen-bond acceptors (Lipinski definition) is 9. The Hall–Kier alpha value is -1.88. The zero-order valence-corrected chi connectivity index (χ0v) is 27.9. The molecule has 1 atom stereocenters. The van der Waals surface area contributed by atoms with E-state index in [4.69, 9.17) is 32.7 Å². The first-order chi connectivity index (χ1) is 21.2. The Morgan fingerprint density at radius 3 is 2.34 bits per heavy atom. The fourth-order valence-electron chi connectivity index (χ4n) is 6.21. The van der Waals surface area contributed by atoms with E-state index in [0.29, 0.717) is 42.4 Å². The molecule has 3 fully saturated rings. The summed E-state index contributed by atoms with van der Waals surface area (Å²) in [6.07, 6.45) is 6.53. The van der Waals surface area contributed by atoms with Crippen LogP contribution in [0.1, 0.15) is 42.5 Å². The summed E-state index contributed by atoms with van der Waals surface area (Å²) in [5.74, 6) is -1.12. The standard InChI is InChI=1S/C28H34Cl2FN7O3S3/c29-19-16-23(42-17-19)24-27(37-8-6-35(7-9-37)20-4-2-1-3-5-20)43-28(32-24)33-26(39)18-14-21(30)25(22(31)15-18)36-10-12-38(13-11-36)34-44(40)41/h14-17,20,34H,1-13H2,(H,40,41)(H,32,33,39). The molecule has 0 spiro atoms. The highest BCUT2D eigenvalue weighted by Crippen LogP contribution is 2.42. The molecule has 3 N–H and O–H groups in total. The second-order valence-electron chi connectivity index (χ2n) is 11.2. The molecule has 3 aromatic rings. The van der Waals surface area contributed by atoms with Crippen molar-refractivity contribution in [1.29, 1.82) is 0 Å². The Kier molecular flexibility index (Phi) is 10.4. The first kappa shape index (κ1) is 32.1. The van der Waals surface area contributed by atoms with Gasteiger partial charge in [0, 0.05) is 69.3 Å². The van der Waals surface area contributed by atoms with Gasteiger partial charge >= 0.3 is 0 Å². The van der Waals surface area contributed by atoms with Crippen LogP contribution in [0.2, 0.25) is 10.0 Å². The van der Waals surface area contributed by atoms with E-state index in [9.17, 15) is 9.00 Å². The minimum Gasteiger partial charge on any atom is -0.365 e. The molecule has 238 valence electrons. The summed E-state index contributed by atoms with van der Waals surface area (Å²) >= 11 is 13.5. The van der Waals surface area contributed by atoms with Gasteiger partial charge in [-0.2, -0.15) is 0 Å². The Morgan fingerprint density at radius 2 is 1.70 bits per heavy atom. The SMILES string of the molecule is O=C(Nc1nc(-c2cc(Cl)cs2)c(N2CCN(C3CCCCC3)CC2)s1)c1cc(F)c(N2CCN(NS(=O)O)CC2)c(Cl)c1. The van der Waals surface area contributed by atoms with Gasteiger partial charge in [0.1, 0.15) is 16.5 Å². The van der Waals surface area contributed by atoms with Crippen LogP contribution >= 0.6 is 45.9 Å². The van der Waals surface area contributed by atoms with Crippen molar-refractivity contribution in [3.8, 4) is 10.6 Å². The predicted octanol–water partition coefficient (Wildman–Crippen LogP) is 5.79. The quantitative estimate of drug-likeness (QED) is 0.254. The van der Waals surface area contributed by atoms with E-state index in [-0.39, 0.29) is 16.3 Å². The van der Waals surface area contributed by atoms with Crippen molar-refractivity contribution in [2.45, 2.75) is 38.1 Å². The molecule has 0 bridgehead atoms. The van der Waals surface area contributed by atoms with Gasteiger partial charge in [0.2, 0.25) is 11.3 Å². The second kappa shape index (κ2) is 14.3. The zero-order chi connectivity index (χ0) is 30.8. The van der Waals surface area contributed by atoms with Gasteiger partial charge in [-0.3, -0.25) is 19.6 Å². The van der Waals surface area contributed by atoms with Crippen LogP contribution in [-0.4, -0.2) is 88.0 Å². The molecule has 16 heteroatoms. The smallest absolute Gasteiger partial charge is 0.257 e. The number of carbonyl (C=O) groups excluding carboxylic acids is 1. The second-order valence-corrected chi connectivity index (χ2v) is 14.6. The summed E-state index contributed by atoms with van der Waals surface area (Å²) in [4.78, 5) is 28.2. The number of aromatic nitrogens is 1. The highest BCUT2D eigenvalue weighted by molar-refractivity contribution is 7.77. The summed E-state index contributed by atoms with van der Waals surface area (Å²) in [5, 5.41) is 8.50. The molecule has 10 nitrogen and oxygen atoms in total. The van der Waals surface area contributed by atoms with E-state index < -0.39 is 23.0 Å². The maximum absolute atomic E-state index is 15.3. The molecule has 44 heavy (non-hydrogen) atoms. The van der Waals surface area contributed by atoms with Crippen LogP contribution in [0.15, 0.2) is 23.6 Å². The predicted molar refractivity (Wildman–Crippen MR) is 178 cm³/mol. The molecular weight excluding hydrogens is 668 g/mol. The number of halogens is 3. The maximum Gasteiger partial charge on any atom is 0.257 e. The molecule has 1 aromatic carbocycles. The van der Waals surface area contributed by atoms with Crippen LogP contribution in [0.4, 0.5) is 20.2 Å². The molecular formula is C28H34Cl2FN7O3S3. The summed E-state index contributed by atoms with van der Waals surface area (Å²) in [7, 11) is 0. The lowest BCUT2D eigenvalue weighted by Gasteiger charge is -2.41. The number of benzene rings is 1. The Morgan fingerprint density at radius 1 is 1.00 bits per heavy atom. The minimum atomic E-state index is -2.17. The fourth-order valence-corrected chi connectivity index (χ4v) is 9.10. The van der Waals surface area contributed by atoms with E-state index in [2.05, 4.69) is 19.9 Å². The van der Waals surface area contributed by atoms with E-state index in [1.54, 1.807) is 9.91 Å². The van der Waals surface area contributed by atoms with Crippen molar-refractivity contribution < 1.29 is 17.9 Å². The number of carbonyl (C=O) groups is 1. The molecule has 1 amide bonds. The number of amides is 1. The third kappa shape index (κ3) is 7.39. The topological polar surface area (TPSA) is 104 Å². The first-order valence-corrected chi connectivity index (χ1v) is 18.2. The third-order valence-corrected chi connectivity index (χ3v) is 11.4. The van der Waals surface area contributed by atoms with Gasteiger partial charge in [-0.15, -0.1) is 16.2 Å². The highest BCUT2D eigenvalue weighted by Gasteiger charge is 2.29. The van der Waals surface area contributed by atoms with Crippen LogP contribution in [0.3, 0.4) is 0 Å². The van der Waals surface area contributed by atoms with Crippen LogP contribution in [0.25, 0.3) is 10.6 Å². The Balaban J connectivity index is 1.16. The monoisotopic (exact) mass is 701 g/mol. The lowest BCUT2D eigenvalue weighted by atomic mass is 9.94. The lowest BCUT2D eigenvalue weighted by Crippen LogP contribution is -2.52. The average molecular weight is 703 g/mol. The Bertz CT molecular complexity index is 1480. The molecule has 0 radical (unpaired) electrons. The molecule has 1 aliphatic carbocycles. The third-order valence-electron chi connectivity index (χ3n) is 8.41. The number of thiophene rings is 1. The van der Waals surface area contributed by atoms with Crippen molar-refractivity contribution in [2.24, 2.45) is 0 Å². The number of nitrogens with one attached hydrogen (secondary N) is 2. The summed E-state index contributed by atoms with van der Waals surface area (Å²) < 4.78 is 35.4. The number of rotatable bonds is 8. The molecule has 2 saturated heterocycles. The summed E-state index contributed by atoms with van der Waals surface area (Å²) in [6.45, 7) is 5.30. The average Bonchev–Trinajstić information content (AvgIpc) is 3.64. The molecule has 6 rings (SSSR count). The number of nitrogens with zero attached hydrogens (tertiary/aromatic N) is 5. The van der Waals surface area contributed by atoms with Crippen molar-refractivity contribution in [3.05, 3.63) is 45.0 Å². The van der Waals surface area contributed by atoms with E-state index in [1.807, 2.05) is 11.4 Å². The normalized spacial score (nSPS) is 19.8. The molecule has 4 heterocycles. The number of anilines is 3. The van der Waals surface area contributed by atoms with Crippen LogP contribution in [-0.2, 0) is 11.3 Å². The lowest BCUT2D eigenvalue weighted by molar-refractivity contribution is 0.102. The number of thiazole rings is 1. The van der Waals surface area contributed by atoms with Crippen LogP contribution < -0.4 is 19.9 Å². The van der Waals surface area contributed by atoms with Crippen molar-refractivity contribution in [2.75, 3.05) is 67.5 Å². The highest BCUT2D eigenvalue weighted by atomic mass is 35.5. The maximum atomic E-state index is 15.3. The summed E-state index contributed by atoms with van der Waals surface area (Å²) in [5.41, 5.74) is 1.08.